The Bertz CT molecular complexity index is 152. The van der Waals surface area contributed by atoms with Gasteiger partial charge in [0.25, 0.3) is 0 Å². The average molecular weight is 166 g/mol. The zero-order valence-corrected chi connectivity index (χ0v) is 7.83. The highest BCUT2D eigenvalue weighted by Crippen LogP contribution is 2.16. The smallest absolute Gasteiger partial charge is 0.0579 e. The lowest BCUT2D eigenvalue weighted by molar-refractivity contribution is 0.105. The molecule has 68 valence electrons. The molecule has 1 saturated heterocycles. The van der Waals surface area contributed by atoms with Gasteiger partial charge in [-0.1, -0.05) is 24.3 Å². The van der Waals surface area contributed by atoms with Crippen LogP contribution in [0.2, 0.25) is 0 Å². The molecule has 0 bridgehead atoms. The highest BCUT2D eigenvalue weighted by Gasteiger charge is 2.13. The van der Waals surface area contributed by atoms with Crippen LogP contribution in [0, 0.1) is 0 Å². The van der Waals surface area contributed by atoms with Crippen LogP contribution in [0.15, 0.2) is 24.3 Å². The Kier molecular flexibility index (Phi) is 4.77. The topological polar surface area (TPSA) is 9.23 Å². The minimum Gasteiger partial charge on any atom is -0.378 e. The monoisotopic (exact) mass is 166 g/mol. The van der Waals surface area contributed by atoms with Gasteiger partial charge in [0, 0.05) is 6.61 Å². The van der Waals surface area contributed by atoms with Crippen molar-refractivity contribution in [3.63, 3.8) is 0 Å². The predicted molar refractivity (Wildman–Crippen MR) is 52.2 cm³/mol. The molecule has 1 nitrogen and oxygen atoms in total. The Labute approximate surface area is 75.1 Å². The van der Waals surface area contributed by atoms with E-state index in [1.165, 1.54) is 19.3 Å². The highest BCUT2D eigenvalue weighted by atomic mass is 16.5. The van der Waals surface area contributed by atoms with Crippen LogP contribution >= 0.6 is 0 Å². The molecule has 12 heavy (non-hydrogen) atoms. The van der Waals surface area contributed by atoms with Crippen molar-refractivity contribution in [2.24, 2.45) is 0 Å². The average Bonchev–Trinajstić information content (AvgIpc) is 2.57. The maximum Gasteiger partial charge on any atom is 0.0579 e. The molecule has 0 radical (unpaired) electrons. The molecule has 0 aromatic rings. The third-order valence-corrected chi connectivity index (χ3v) is 2.12. The maximum atomic E-state index is 5.51. The van der Waals surface area contributed by atoms with Gasteiger partial charge in [-0.25, -0.2) is 0 Å². The van der Waals surface area contributed by atoms with Gasteiger partial charge in [-0.2, -0.15) is 0 Å². The number of hydrogen-bond donors (Lipinski definition) is 0. The summed E-state index contributed by atoms with van der Waals surface area (Å²) in [6.45, 7) is 3.01. The summed E-state index contributed by atoms with van der Waals surface area (Å²) in [5, 5.41) is 0. The minimum atomic E-state index is 0.542. The molecule has 1 aliphatic heterocycles. The zero-order valence-electron chi connectivity index (χ0n) is 7.83. The van der Waals surface area contributed by atoms with Gasteiger partial charge in [-0.05, 0) is 32.6 Å². The van der Waals surface area contributed by atoms with Crippen LogP contribution in [-0.2, 0) is 4.74 Å². The molecule has 1 fully saturated rings. The van der Waals surface area contributed by atoms with Gasteiger partial charge in [-0.3, -0.25) is 0 Å². The third kappa shape index (κ3) is 3.72. The molecule has 0 aromatic heterocycles. The van der Waals surface area contributed by atoms with Crippen molar-refractivity contribution in [3.05, 3.63) is 24.3 Å². The van der Waals surface area contributed by atoms with Crippen LogP contribution in [0.25, 0.3) is 0 Å². The van der Waals surface area contributed by atoms with Crippen molar-refractivity contribution in [3.8, 4) is 0 Å². The highest BCUT2D eigenvalue weighted by molar-refractivity contribution is 5.00. The molecule has 0 spiro atoms. The van der Waals surface area contributed by atoms with Crippen molar-refractivity contribution in [2.45, 2.75) is 38.7 Å². The molecule has 1 unspecified atom stereocenters. The summed E-state index contributed by atoms with van der Waals surface area (Å²) in [7, 11) is 0. The van der Waals surface area contributed by atoms with Gasteiger partial charge < -0.3 is 4.74 Å². The van der Waals surface area contributed by atoms with E-state index >= 15 is 0 Å². The Morgan fingerprint density at radius 1 is 1.42 bits per heavy atom. The predicted octanol–water partition coefficient (Wildman–Crippen LogP) is 3.08. The molecule has 0 aliphatic carbocycles. The van der Waals surface area contributed by atoms with Crippen LogP contribution in [0.5, 0.6) is 0 Å². The molecule has 0 aromatic carbocycles. The third-order valence-electron chi connectivity index (χ3n) is 2.12. The van der Waals surface area contributed by atoms with Crippen molar-refractivity contribution in [1.82, 2.24) is 0 Å². The Hall–Kier alpha value is -0.560. The second-order valence-corrected chi connectivity index (χ2v) is 3.17. The van der Waals surface area contributed by atoms with Crippen LogP contribution in [0.3, 0.4) is 0 Å². The summed E-state index contributed by atoms with van der Waals surface area (Å²) < 4.78 is 5.51. The van der Waals surface area contributed by atoms with Gasteiger partial charge in [0.1, 0.15) is 0 Å². The van der Waals surface area contributed by atoms with E-state index in [4.69, 9.17) is 4.74 Å². The molecule has 1 heterocycles. The van der Waals surface area contributed by atoms with Crippen molar-refractivity contribution in [1.29, 1.82) is 0 Å². The molecule has 0 saturated carbocycles. The van der Waals surface area contributed by atoms with E-state index in [2.05, 4.69) is 18.2 Å². The molecule has 1 atom stereocenters. The summed E-state index contributed by atoms with van der Waals surface area (Å²) in [5.41, 5.74) is 0. The number of hydrogen-bond acceptors (Lipinski definition) is 1. The summed E-state index contributed by atoms with van der Waals surface area (Å²) in [6.07, 6.45) is 13.8. The largest absolute Gasteiger partial charge is 0.378 e. The fraction of sp³-hybridized carbons (Fsp3) is 0.636. The molecular weight excluding hydrogens is 148 g/mol. The quantitative estimate of drug-likeness (QED) is 0.583. The van der Waals surface area contributed by atoms with Crippen molar-refractivity contribution in [2.75, 3.05) is 6.61 Å². The molecule has 1 aliphatic rings. The fourth-order valence-corrected chi connectivity index (χ4v) is 1.44. The second kappa shape index (κ2) is 6.01. The van der Waals surface area contributed by atoms with Gasteiger partial charge in [0.15, 0.2) is 0 Å². The number of allylic oxidation sites excluding steroid dienone is 4. The summed E-state index contributed by atoms with van der Waals surface area (Å²) in [5.74, 6) is 0. The summed E-state index contributed by atoms with van der Waals surface area (Å²) in [6, 6.07) is 0. The summed E-state index contributed by atoms with van der Waals surface area (Å²) >= 11 is 0. The lowest BCUT2D eigenvalue weighted by Crippen LogP contribution is -2.02. The molecule has 1 heteroatoms. The first-order chi connectivity index (χ1) is 5.93. The zero-order chi connectivity index (χ0) is 8.65. The first-order valence-corrected chi connectivity index (χ1v) is 4.83. The van der Waals surface area contributed by atoms with Crippen LogP contribution in [-0.4, -0.2) is 12.7 Å². The van der Waals surface area contributed by atoms with Crippen LogP contribution in [0.4, 0.5) is 0 Å². The lowest BCUT2D eigenvalue weighted by Gasteiger charge is -2.05. The van der Waals surface area contributed by atoms with Gasteiger partial charge in [-0.15, -0.1) is 0 Å². The molecular formula is C11H18O. The van der Waals surface area contributed by atoms with E-state index in [0.717, 1.165) is 13.0 Å². The standard InChI is InChI=1S/C11H18O/c1-2-3-4-5-6-8-11-9-7-10-12-11/h2-5,11H,6-10H2,1H3/b3-2-,5-4+. The van der Waals surface area contributed by atoms with Crippen LogP contribution in [0.1, 0.15) is 32.6 Å². The Morgan fingerprint density at radius 3 is 3.00 bits per heavy atom. The number of rotatable bonds is 4. The van der Waals surface area contributed by atoms with Crippen LogP contribution < -0.4 is 0 Å². The van der Waals surface area contributed by atoms with E-state index in [1.807, 2.05) is 13.0 Å². The van der Waals surface area contributed by atoms with Crippen molar-refractivity contribution < 1.29 is 4.74 Å². The van der Waals surface area contributed by atoms with Gasteiger partial charge in [0.05, 0.1) is 6.10 Å². The maximum absolute atomic E-state index is 5.51. The van der Waals surface area contributed by atoms with E-state index in [-0.39, 0.29) is 0 Å². The number of ether oxygens (including phenoxy) is 1. The lowest BCUT2D eigenvalue weighted by atomic mass is 10.1. The SMILES string of the molecule is C/C=C\C=C\CCC1CCCO1. The van der Waals surface area contributed by atoms with E-state index < -0.39 is 0 Å². The normalized spacial score (nSPS) is 24.6. The molecule has 0 N–H and O–H groups in total. The first kappa shape index (κ1) is 9.53. The Balaban J connectivity index is 2.01. The first-order valence-electron chi connectivity index (χ1n) is 4.83. The minimum absolute atomic E-state index is 0.542. The van der Waals surface area contributed by atoms with E-state index in [0.29, 0.717) is 6.10 Å². The van der Waals surface area contributed by atoms with Gasteiger partial charge in [0.2, 0.25) is 0 Å². The van der Waals surface area contributed by atoms with E-state index in [9.17, 15) is 0 Å². The Morgan fingerprint density at radius 2 is 2.33 bits per heavy atom. The van der Waals surface area contributed by atoms with E-state index in [1.54, 1.807) is 0 Å². The molecule has 1 rings (SSSR count). The summed E-state index contributed by atoms with van der Waals surface area (Å²) in [4.78, 5) is 0. The van der Waals surface area contributed by atoms with Gasteiger partial charge >= 0.3 is 0 Å². The second-order valence-electron chi connectivity index (χ2n) is 3.17. The molecule has 0 amide bonds. The fourth-order valence-electron chi connectivity index (χ4n) is 1.44. The van der Waals surface area contributed by atoms with Crippen molar-refractivity contribution >= 4 is 0 Å².